The van der Waals surface area contributed by atoms with Crippen molar-refractivity contribution in [2.45, 2.75) is 12.3 Å². The zero-order valence-corrected chi connectivity index (χ0v) is 5.21. The second-order valence-electron chi connectivity index (χ2n) is 1.20. The van der Waals surface area contributed by atoms with Gasteiger partial charge >= 0.3 is 31.1 Å². The molecule has 0 saturated carbocycles. The summed E-state index contributed by atoms with van der Waals surface area (Å²) in [5.41, 5.74) is 0. The van der Waals surface area contributed by atoms with Crippen molar-refractivity contribution in [2.75, 3.05) is 0 Å². The van der Waals surface area contributed by atoms with Crippen LogP contribution in [0.3, 0.4) is 0 Å². The SMILES string of the molecule is O=[C-]OC(F)(F)C(F)(F)F.[Li+]. The van der Waals surface area contributed by atoms with Crippen LogP contribution in [-0.4, -0.2) is 18.8 Å². The Morgan fingerprint density at radius 2 is 1.45 bits per heavy atom. The smallest absolute Gasteiger partial charge is 0.596 e. The largest absolute Gasteiger partial charge is 1.00 e. The molecule has 0 saturated heterocycles. The van der Waals surface area contributed by atoms with Gasteiger partial charge in [0.2, 0.25) is 0 Å². The number of ether oxygens (including phenoxy) is 1. The summed E-state index contributed by atoms with van der Waals surface area (Å²) in [5.74, 6) is 0. The number of rotatable bonds is 2. The van der Waals surface area contributed by atoms with Gasteiger partial charge in [-0.2, -0.15) is 22.0 Å². The van der Waals surface area contributed by atoms with Gasteiger partial charge in [-0.25, -0.2) is 0 Å². The van der Waals surface area contributed by atoms with Crippen molar-refractivity contribution in [1.82, 2.24) is 0 Å². The minimum absolute atomic E-state index is 0. The summed E-state index contributed by atoms with van der Waals surface area (Å²) in [6, 6.07) is 0. The third-order valence-corrected chi connectivity index (χ3v) is 0.500. The predicted octanol–water partition coefficient (Wildman–Crippen LogP) is -1.77. The molecule has 0 unspecified atom stereocenters. The minimum Gasteiger partial charge on any atom is -0.596 e. The Labute approximate surface area is 69.9 Å². The molecule has 0 aromatic carbocycles. The van der Waals surface area contributed by atoms with Gasteiger partial charge in [0.1, 0.15) is 0 Å². The Balaban J connectivity index is 0. The molecule has 8 heteroatoms. The summed E-state index contributed by atoms with van der Waals surface area (Å²) < 4.78 is 57.9. The van der Waals surface area contributed by atoms with Gasteiger partial charge in [0.05, 0.1) is 0 Å². The molecule has 0 N–H and O–H groups in total. The Kier molecular flexibility index (Phi) is 4.75. The van der Waals surface area contributed by atoms with Crippen LogP contribution >= 0.6 is 0 Å². The Hall–Kier alpha value is -0.283. The molecule has 60 valence electrons. The fourth-order valence-electron chi connectivity index (χ4n) is 0.110. The minimum atomic E-state index is -5.87. The summed E-state index contributed by atoms with van der Waals surface area (Å²) in [4.78, 5) is 8.94. The van der Waals surface area contributed by atoms with Gasteiger partial charge in [0, 0.05) is 0 Å². The van der Waals surface area contributed by atoms with Gasteiger partial charge in [-0.05, 0) is 0 Å². The summed E-state index contributed by atoms with van der Waals surface area (Å²) in [7, 11) is 0. The molecule has 0 amide bonds. The van der Waals surface area contributed by atoms with E-state index >= 15 is 0 Å². The molecule has 0 aliphatic carbocycles. The van der Waals surface area contributed by atoms with E-state index < -0.39 is 12.3 Å². The van der Waals surface area contributed by atoms with Crippen molar-refractivity contribution in [3.63, 3.8) is 0 Å². The monoisotopic (exact) mass is 170 g/mol. The van der Waals surface area contributed by atoms with Gasteiger partial charge in [0.25, 0.3) is 0 Å². The summed E-state index contributed by atoms with van der Waals surface area (Å²) in [6.07, 6.45) is -11.3. The third kappa shape index (κ3) is 3.58. The van der Waals surface area contributed by atoms with Crippen LogP contribution in [0.25, 0.3) is 0 Å². The quantitative estimate of drug-likeness (QED) is 0.278. The summed E-state index contributed by atoms with van der Waals surface area (Å²) in [6.45, 7) is -0.00549. The topological polar surface area (TPSA) is 26.3 Å². The second-order valence-corrected chi connectivity index (χ2v) is 1.20. The van der Waals surface area contributed by atoms with Crippen LogP contribution in [0.1, 0.15) is 0 Å². The first-order valence-corrected chi connectivity index (χ1v) is 1.81. The van der Waals surface area contributed by atoms with E-state index in [1.807, 2.05) is 0 Å². The van der Waals surface area contributed by atoms with Crippen LogP contribution in [0.15, 0.2) is 0 Å². The van der Waals surface area contributed by atoms with E-state index in [0.717, 1.165) is 0 Å². The first-order valence-electron chi connectivity index (χ1n) is 1.81. The van der Waals surface area contributed by atoms with Crippen molar-refractivity contribution in [3.05, 3.63) is 0 Å². The van der Waals surface area contributed by atoms with E-state index in [4.69, 9.17) is 4.79 Å². The first kappa shape index (κ1) is 13.3. The van der Waals surface area contributed by atoms with Crippen LogP contribution < -0.4 is 18.9 Å². The van der Waals surface area contributed by atoms with E-state index in [1.54, 1.807) is 0 Å². The molecule has 11 heavy (non-hydrogen) atoms. The van der Waals surface area contributed by atoms with Crippen molar-refractivity contribution in [2.24, 2.45) is 0 Å². The molecule has 0 aromatic heterocycles. The van der Waals surface area contributed by atoms with Crippen molar-refractivity contribution < 1.29 is 50.3 Å². The zero-order chi connectivity index (χ0) is 8.41. The third-order valence-electron chi connectivity index (χ3n) is 0.500. The van der Waals surface area contributed by atoms with E-state index in [-0.39, 0.29) is 25.3 Å². The molecular formula is C3F5LiO2. The van der Waals surface area contributed by atoms with Gasteiger partial charge in [0.15, 0.2) is 0 Å². The standard InChI is InChI=1S/C3F5O2.Li/c4-2(5,6)3(7,8)10-1-9;/q-1;+1. The van der Waals surface area contributed by atoms with E-state index in [2.05, 4.69) is 4.74 Å². The Morgan fingerprint density at radius 1 is 1.09 bits per heavy atom. The van der Waals surface area contributed by atoms with Crippen molar-refractivity contribution in [1.29, 1.82) is 0 Å². The predicted molar refractivity (Wildman–Crippen MR) is 17.8 cm³/mol. The van der Waals surface area contributed by atoms with Gasteiger partial charge < -0.3 is 9.53 Å². The van der Waals surface area contributed by atoms with Crippen LogP contribution in [0.2, 0.25) is 0 Å². The molecule has 0 rings (SSSR count). The maximum absolute atomic E-state index is 11.3. The molecule has 2 nitrogen and oxygen atoms in total. The fraction of sp³-hybridized carbons (Fsp3) is 0.667. The Morgan fingerprint density at radius 3 is 1.55 bits per heavy atom. The number of hydrogen-bond donors (Lipinski definition) is 0. The summed E-state index contributed by atoms with van der Waals surface area (Å²) >= 11 is 0. The molecule has 0 radical (unpaired) electrons. The Bertz CT molecular complexity index is 132. The summed E-state index contributed by atoms with van der Waals surface area (Å²) in [5, 5.41) is 0. The van der Waals surface area contributed by atoms with E-state index in [1.165, 1.54) is 0 Å². The number of halogens is 5. The van der Waals surface area contributed by atoms with Crippen LogP contribution in [-0.2, 0) is 9.53 Å². The molecule has 0 aliphatic heterocycles. The number of hydrogen-bond acceptors (Lipinski definition) is 2. The van der Waals surface area contributed by atoms with Crippen molar-refractivity contribution in [3.8, 4) is 0 Å². The average molecular weight is 170 g/mol. The molecule has 0 aromatic rings. The van der Waals surface area contributed by atoms with Crippen molar-refractivity contribution >= 4 is 6.47 Å². The number of alkyl halides is 5. The maximum atomic E-state index is 11.3. The molecule has 0 atom stereocenters. The normalized spacial score (nSPS) is 11.7. The van der Waals surface area contributed by atoms with Crippen LogP contribution in [0, 0.1) is 0 Å². The molecule has 0 bridgehead atoms. The number of carbonyl (C=O) groups excluding carboxylic acids is 1. The van der Waals surface area contributed by atoms with Gasteiger partial charge in [-0.3, -0.25) is 0 Å². The molecule has 0 spiro atoms. The molecule has 0 fully saturated rings. The fourth-order valence-corrected chi connectivity index (χ4v) is 0.110. The van der Waals surface area contributed by atoms with E-state index in [0.29, 0.717) is 0 Å². The first-order chi connectivity index (χ1) is 4.31. The average Bonchev–Trinajstić information content (AvgIpc) is 1.61. The maximum Gasteiger partial charge on any atom is 1.00 e. The second kappa shape index (κ2) is 3.92. The molecular weight excluding hydrogens is 170 g/mol. The van der Waals surface area contributed by atoms with Gasteiger partial charge in [-0.15, -0.1) is 0 Å². The van der Waals surface area contributed by atoms with Crippen LogP contribution in [0.4, 0.5) is 22.0 Å². The molecule has 0 aliphatic rings. The van der Waals surface area contributed by atoms with E-state index in [9.17, 15) is 22.0 Å². The van der Waals surface area contributed by atoms with Gasteiger partial charge in [-0.1, -0.05) is 6.47 Å². The zero-order valence-electron chi connectivity index (χ0n) is 5.21. The molecule has 0 heterocycles. The van der Waals surface area contributed by atoms with Crippen LogP contribution in [0.5, 0.6) is 0 Å².